The smallest absolute Gasteiger partial charge is 0.329 e. The van der Waals surface area contributed by atoms with Gasteiger partial charge in [-0.05, 0) is 18.8 Å². The maximum absolute atomic E-state index is 11.5. The Hall–Kier alpha value is -0.710. The summed E-state index contributed by atoms with van der Waals surface area (Å²) >= 11 is 1.78. The third-order valence-electron chi connectivity index (χ3n) is 3.25. The van der Waals surface area contributed by atoms with Crippen LogP contribution in [0.1, 0.15) is 39.5 Å². The Morgan fingerprint density at radius 3 is 2.72 bits per heavy atom. The third-order valence-corrected chi connectivity index (χ3v) is 4.68. The number of esters is 1. The van der Waals surface area contributed by atoms with Crippen LogP contribution in [0.2, 0.25) is 0 Å². The number of nitrogens with one attached hydrogen (secondary N) is 1. The standard InChI is InChI=1S/C13H23NO3S/c1-9-5-4-6-11(7-9)18-8-12(13(16)17-3)14-10(2)15/h9,11-12H,4-8H2,1-3H3,(H,14,15). The Morgan fingerprint density at radius 1 is 1.44 bits per heavy atom. The number of rotatable bonds is 5. The molecule has 1 aliphatic carbocycles. The van der Waals surface area contributed by atoms with Crippen molar-refractivity contribution in [1.82, 2.24) is 5.32 Å². The van der Waals surface area contributed by atoms with E-state index in [1.54, 1.807) is 11.8 Å². The van der Waals surface area contributed by atoms with E-state index in [2.05, 4.69) is 12.2 Å². The van der Waals surface area contributed by atoms with Crippen LogP contribution >= 0.6 is 11.8 Å². The Balaban J connectivity index is 2.40. The molecule has 0 aromatic carbocycles. The maximum atomic E-state index is 11.5. The van der Waals surface area contributed by atoms with Crippen LogP contribution in [0.25, 0.3) is 0 Å². The Bertz CT molecular complexity index is 296. The molecule has 1 aliphatic rings. The molecule has 0 aromatic heterocycles. The highest BCUT2D eigenvalue weighted by Gasteiger charge is 2.24. The highest BCUT2D eigenvalue weighted by molar-refractivity contribution is 7.99. The first-order valence-electron chi connectivity index (χ1n) is 6.49. The first-order chi connectivity index (χ1) is 8.52. The molecule has 1 amide bonds. The summed E-state index contributed by atoms with van der Waals surface area (Å²) in [4.78, 5) is 22.6. The number of carbonyl (C=O) groups is 2. The fourth-order valence-corrected chi connectivity index (χ4v) is 3.80. The quantitative estimate of drug-likeness (QED) is 0.778. The molecule has 0 saturated heterocycles. The lowest BCUT2D eigenvalue weighted by molar-refractivity contribution is -0.144. The van der Waals surface area contributed by atoms with E-state index in [0.29, 0.717) is 11.0 Å². The molecule has 104 valence electrons. The summed E-state index contributed by atoms with van der Waals surface area (Å²) in [7, 11) is 1.35. The number of ether oxygens (including phenoxy) is 1. The summed E-state index contributed by atoms with van der Waals surface area (Å²) in [5.74, 6) is 0.821. The van der Waals surface area contributed by atoms with Gasteiger partial charge in [0.15, 0.2) is 0 Å². The zero-order valence-corrected chi connectivity index (χ0v) is 12.2. The molecule has 0 heterocycles. The van der Waals surface area contributed by atoms with Crippen molar-refractivity contribution in [3.05, 3.63) is 0 Å². The van der Waals surface area contributed by atoms with Crippen molar-refractivity contribution in [2.24, 2.45) is 5.92 Å². The topological polar surface area (TPSA) is 55.4 Å². The molecule has 1 fully saturated rings. The summed E-state index contributed by atoms with van der Waals surface area (Å²) in [6.07, 6.45) is 4.99. The van der Waals surface area contributed by atoms with Crippen LogP contribution in [0.15, 0.2) is 0 Å². The minimum absolute atomic E-state index is 0.192. The van der Waals surface area contributed by atoms with Gasteiger partial charge in [0.05, 0.1) is 7.11 Å². The van der Waals surface area contributed by atoms with Crippen LogP contribution < -0.4 is 5.32 Å². The second-order valence-corrected chi connectivity index (χ2v) is 6.34. The van der Waals surface area contributed by atoms with E-state index in [9.17, 15) is 9.59 Å². The van der Waals surface area contributed by atoms with Crippen LogP contribution in [0.3, 0.4) is 0 Å². The highest BCUT2D eigenvalue weighted by atomic mass is 32.2. The Kier molecular flexibility index (Phi) is 6.54. The van der Waals surface area contributed by atoms with Crippen molar-refractivity contribution < 1.29 is 14.3 Å². The molecule has 0 spiro atoms. The van der Waals surface area contributed by atoms with Gasteiger partial charge < -0.3 is 10.1 Å². The number of carbonyl (C=O) groups excluding carboxylic acids is 2. The van der Waals surface area contributed by atoms with Gasteiger partial charge in [0.2, 0.25) is 5.91 Å². The van der Waals surface area contributed by atoms with Crippen LogP contribution in [-0.4, -0.2) is 36.0 Å². The average molecular weight is 273 g/mol. The lowest BCUT2D eigenvalue weighted by Crippen LogP contribution is -2.42. The molecular formula is C13H23NO3S. The van der Waals surface area contributed by atoms with Gasteiger partial charge in [-0.15, -0.1) is 0 Å². The van der Waals surface area contributed by atoms with Gasteiger partial charge in [0.25, 0.3) is 0 Å². The number of methoxy groups -OCH3 is 1. The summed E-state index contributed by atoms with van der Waals surface area (Å²) in [6.45, 7) is 3.70. The van der Waals surface area contributed by atoms with E-state index in [1.165, 1.54) is 39.7 Å². The second-order valence-electron chi connectivity index (χ2n) is 5.00. The van der Waals surface area contributed by atoms with E-state index in [1.807, 2.05) is 0 Å². The summed E-state index contributed by atoms with van der Waals surface area (Å²) < 4.78 is 4.71. The fourth-order valence-electron chi connectivity index (χ4n) is 2.32. The molecule has 4 nitrogen and oxygen atoms in total. The Labute approximate surface area is 113 Å². The van der Waals surface area contributed by atoms with Gasteiger partial charge in [0.1, 0.15) is 6.04 Å². The molecule has 3 atom stereocenters. The number of thioether (sulfide) groups is 1. The summed E-state index contributed by atoms with van der Waals surface area (Å²) in [6, 6.07) is -0.519. The van der Waals surface area contributed by atoms with E-state index in [0.717, 1.165) is 5.92 Å². The molecule has 0 aromatic rings. The van der Waals surface area contributed by atoms with Crippen molar-refractivity contribution in [3.8, 4) is 0 Å². The van der Waals surface area contributed by atoms with Gasteiger partial charge in [-0.2, -0.15) is 11.8 Å². The minimum Gasteiger partial charge on any atom is -0.467 e. The first kappa shape index (κ1) is 15.3. The largest absolute Gasteiger partial charge is 0.467 e. The molecule has 0 radical (unpaired) electrons. The maximum Gasteiger partial charge on any atom is 0.329 e. The van der Waals surface area contributed by atoms with Crippen molar-refractivity contribution in [2.75, 3.05) is 12.9 Å². The number of hydrogen-bond donors (Lipinski definition) is 1. The first-order valence-corrected chi connectivity index (χ1v) is 7.54. The average Bonchev–Trinajstić information content (AvgIpc) is 2.33. The summed E-state index contributed by atoms with van der Waals surface area (Å²) in [5, 5.41) is 3.25. The van der Waals surface area contributed by atoms with E-state index < -0.39 is 6.04 Å². The predicted octanol–water partition coefficient (Wildman–Crippen LogP) is 1.98. The van der Waals surface area contributed by atoms with Crippen molar-refractivity contribution >= 4 is 23.6 Å². The molecule has 0 bridgehead atoms. The van der Waals surface area contributed by atoms with E-state index in [4.69, 9.17) is 4.74 Å². The minimum atomic E-state index is -0.519. The van der Waals surface area contributed by atoms with Crippen LogP contribution in [-0.2, 0) is 14.3 Å². The zero-order chi connectivity index (χ0) is 13.5. The summed E-state index contributed by atoms with van der Waals surface area (Å²) in [5.41, 5.74) is 0. The van der Waals surface area contributed by atoms with E-state index >= 15 is 0 Å². The van der Waals surface area contributed by atoms with Gasteiger partial charge in [-0.1, -0.05) is 19.8 Å². The lowest BCUT2D eigenvalue weighted by Gasteiger charge is -2.27. The van der Waals surface area contributed by atoms with Gasteiger partial charge >= 0.3 is 5.97 Å². The SMILES string of the molecule is COC(=O)C(CSC1CCCC(C)C1)NC(C)=O. The predicted molar refractivity (Wildman–Crippen MR) is 73.5 cm³/mol. The molecule has 18 heavy (non-hydrogen) atoms. The lowest BCUT2D eigenvalue weighted by atomic mass is 9.91. The number of hydrogen-bond acceptors (Lipinski definition) is 4. The van der Waals surface area contributed by atoms with Gasteiger partial charge in [0, 0.05) is 17.9 Å². The number of amides is 1. The highest BCUT2D eigenvalue weighted by Crippen LogP contribution is 2.32. The molecule has 5 heteroatoms. The van der Waals surface area contributed by atoms with Crippen LogP contribution in [0.5, 0.6) is 0 Å². The molecule has 1 N–H and O–H groups in total. The van der Waals surface area contributed by atoms with E-state index in [-0.39, 0.29) is 11.9 Å². The van der Waals surface area contributed by atoms with Crippen molar-refractivity contribution in [1.29, 1.82) is 0 Å². The van der Waals surface area contributed by atoms with Gasteiger partial charge in [-0.3, -0.25) is 4.79 Å². The van der Waals surface area contributed by atoms with Crippen LogP contribution in [0, 0.1) is 5.92 Å². The third kappa shape index (κ3) is 5.29. The fraction of sp³-hybridized carbons (Fsp3) is 0.846. The molecule has 0 aliphatic heterocycles. The monoisotopic (exact) mass is 273 g/mol. The molecule has 1 saturated carbocycles. The normalized spacial score (nSPS) is 25.3. The van der Waals surface area contributed by atoms with Gasteiger partial charge in [-0.25, -0.2) is 4.79 Å². The second kappa shape index (κ2) is 7.67. The molecule has 3 unspecified atom stereocenters. The van der Waals surface area contributed by atoms with Crippen molar-refractivity contribution in [3.63, 3.8) is 0 Å². The molecule has 1 rings (SSSR count). The zero-order valence-electron chi connectivity index (χ0n) is 11.4. The van der Waals surface area contributed by atoms with Crippen molar-refractivity contribution in [2.45, 2.75) is 50.8 Å². The van der Waals surface area contributed by atoms with Crippen LogP contribution in [0.4, 0.5) is 0 Å². The molecular weight excluding hydrogens is 250 g/mol. The Morgan fingerprint density at radius 2 is 2.17 bits per heavy atom.